The van der Waals surface area contributed by atoms with Gasteiger partial charge in [0.05, 0.1) is 5.69 Å². The molecule has 3 heteroatoms. The second kappa shape index (κ2) is 5.34. The van der Waals surface area contributed by atoms with Gasteiger partial charge in [0.2, 0.25) is 0 Å². The van der Waals surface area contributed by atoms with Gasteiger partial charge in [0, 0.05) is 11.4 Å². The minimum atomic E-state index is 0.487. The molecule has 0 aliphatic carbocycles. The minimum Gasteiger partial charge on any atom is -0.325 e. The number of rotatable bonds is 3. The van der Waals surface area contributed by atoms with Crippen molar-refractivity contribution in [2.75, 3.05) is 0 Å². The maximum atomic E-state index is 5.59. The van der Waals surface area contributed by atoms with Gasteiger partial charge in [-0.25, -0.2) is 4.98 Å². The molecule has 0 aliphatic heterocycles. The Labute approximate surface area is 106 Å². The number of nitrogens with zero attached hydrogens (tertiary/aromatic N) is 1. The predicted molar refractivity (Wildman–Crippen MR) is 72.2 cm³/mol. The van der Waals surface area contributed by atoms with Crippen LogP contribution in [0.1, 0.15) is 16.8 Å². The van der Waals surface area contributed by atoms with Gasteiger partial charge in [-0.2, -0.15) is 0 Å². The number of aryl methyl sites for hydroxylation is 2. The number of nitrogens with two attached hydrogens (primary N) is 1. The smallest absolute Gasteiger partial charge is 0.101 e. The second-order valence-corrected chi connectivity index (χ2v) is 5.10. The lowest BCUT2D eigenvalue weighted by atomic mass is 10.2. The van der Waals surface area contributed by atoms with E-state index in [0.29, 0.717) is 6.54 Å². The van der Waals surface area contributed by atoms with Crippen molar-refractivity contribution >= 4 is 11.8 Å². The third-order valence-electron chi connectivity index (χ3n) is 2.55. The summed E-state index contributed by atoms with van der Waals surface area (Å²) in [6, 6.07) is 12.4. The molecule has 0 bridgehead atoms. The molecule has 0 fully saturated rings. The van der Waals surface area contributed by atoms with Crippen molar-refractivity contribution in [1.82, 2.24) is 4.98 Å². The zero-order valence-electron chi connectivity index (χ0n) is 10.1. The molecule has 88 valence electrons. The summed E-state index contributed by atoms with van der Waals surface area (Å²) >= 11 is 1.69. The van der Waals surface area contributed by atoms with Gasteiger partial charge < -0.3 is 5.73 Å². The largest absolute Gasteiger partial charge is 0.325 e. The lowest BCUT2D eigenvalue weighted by molar-refractivity contribution is 0.941. The predicted octanol–water partition coefficient (Wildman–Crippen LogP) is 3.31. The van der Waals surface area contributed by atoms with E-state index in [0.717, 1.165) is 10.7 Å². The Hall–Kier alpha value is -1.32. The van der Waals surface area contributed by atoms with Crippen LogP contribution in [0, 0.1) is 13.8 Å². The highest BCUT2D eigenvalue weighted by molar-refractivity contribution is 7.99. The van der Waals surface area contributed by atoms with Gasteiger partial charge in [-0.3, -0.25) is 0 Å². The minimum absolute atomic E-state index is 0.487. The monoisotopic (exact) mass is 244 g/mol. The molecule has 0 saturated heterocycles. The van der Waals surface area contributed by atoms with E-state index in [4.69, 9.17) is 5.73 Å². The second-order valence-electron chi connectivity index (χ2n) is 4.04. The normalized spacial score (nSPS) is 10.5. The van der Waals surface area contributed by atoms with E-state index in [9.17, 15) is 0 Å². The Kier molecular flexibility index (Phi) is 3.82. The Morgan fingerprint density at radius 2 is 2.00 bits per heavy atom. The quantitative estimate of drug-likeness (QED) is 0.900. The molecule has 0 atom stereocenters. The molecular formula is C14H16N2S. The number of hydrogen-bond acceptors (Lipinski definition) is 3. The molecule has 17 heavy (non-hydrogen) atoms. The SMILES string of the molecule is Cc1ccc(C)c(Sc2cccc(CN)n2)c1. The highest BCUT2D eigenvalue weighted by Crippen LogP contribution is 2.29. The average molecular weight is 244 g/mol. The summed E-state index contributed by atoms with van der Waals surface area (Å²) in [7, 11) is 0. The van der Waals surface area contributed by atoms with Crippen LogP contribution in [0.25, 0.3) is 0 Å². The molecule has 0 saturated carbocycles. The van der Waals surface area contributed by atoms with Crippen molar-refractivity contribution in [3.05, 3.63) is 53.2 Å². The van der Waals surface area contributed by atoms with Crippen molar-refractivity contribution in [2.24, 2.45) is 5.73 Å². The highest BCUT2D eigenvalue weighted by Gasteiger charge is 2.03. The molecule has 1 aromatic carbocycles. The van der Waals surface area contributed by atoms with Crippen molar-refractivity contribution in [3.63, 3.8) is 0 Å². The molecule has 1 aromatic heterocycles. The molecule has 2 N–H and O–H groups in total. The van der Waals surface area contributed by atoms with Gasteiger partial charge in [0.25, 0.3) is 0 Å². The fraction of sp³-hybridized carbons (Fsp3) is 0.214. The Morgan fingerprint density at radius 1 is 1.18 bits per heavy atom. The van der Waals surface area contributed by atoms with Crippen LogP contribution in [0.2, 0.25) is 0 Å². The molecular weight excluding hydrogens is 228 g/mol. The zero-order chi connectivity index (χ0) is 12.3. The van der Waals surface area contributed by atoms with E-state index in [-0.39, 0.29) is 0 Å². The highest BCUT2D eigenvalue weighted by atomic mass is 32.2. The van der Waals surface area contributed by atoms with E-state index in [2.05, 4.69) is 37.0 Å². The molecule has 2 nitrogen and oxygen atoms in total. The van der Waals surface area contributed by atoms with Gasteiger partial charge in [-0.15, -0.1) is 0 Å². The number of hydrogen-bond donors (Lipinski definition) is 1. The summed E-state index contributed by atoms with van der Waals surface area (Å²) < 4.78 is 0. The summed E-state index contributed by atoms with van der Waals surface area (Å²) in [4.78, 5) is 5.75. The van der Waals surface area contributed by atoms with Crippen LogP contribution in [0.3, 0.4) is 0 Å². The van der Waals surface area contributed by atoms with Gasteiger partial charge in [-0.1, -0.05) is 30.0 Å². The number of pyridine rings is 1. The maximum absolute atomic E-state index is 5.59. The van der Waals surface area contributed by atoms with Crippen LogP contribution in [0.4, 0.5) is 0 Å². The summed E-state index contributed by atoms with van der Waals surface area (Å²) in [5.74, 6) is 0. The summed E-state index contributed by atoms with van der Waals surface area (Å²) in [6.07, 6.45) is 0. The van der Waals surface area contributed by atoms with Gasteiger partial charge in [-0.05, 0) is 43.2 Å². The third-order valence-corrected chi connectivity index (χ3v) is 3.64. The molecule has 0 spiro atoms. The van der Waals surface area contributed by atoms with Crippen molar-refractivity contribution in [2.45, 2.75) is 30.3 Å². The lowest BCUT2D eigenvalue weighted by Crippen LogP contribution is -1.99. The van der Waals surface area contributed by atoms with Crippen molar-refractivity contribution < 1.29 is 0 Å². The number of benzene rings is 1. The molecule has 0 unspecified atom stereocenters. The van der Waals surface area contributed by atoms with E-state index >= 15 is 0 Å². The molecule has 0 aliphatic rings. The first kappa shape index (κ1) is 12.1. The van der Waals surface area contributed by atoms with E-state index < -0.39 is 0 Å². The molecule has 2 aromatic rings. The van der Waals surface area contributed by atoms with Gasteiger partial charge >= 0.3 is 0 Å². The van der Waals surface area contributed by atoms with Crippen LogP contribution >= 0.6 is 11.8 Å². The maximum Gasteiger partial charge on any atom is 0.101 e. The zero-order valence-corrected chi connectivity index (χ0v) is 10.9. The lowest BCUT2D eigenvalue weighted by Gasteiger charge is -2.07. The summed E-state index contributed by atoms with van der Waals surface area (Å²) in [5.41, 5.74) is 9.07. The average Bonchev–Trinajstić information content (AvgIpc) is 2.34. The Balaban J connectivity index is 2.27. The van der Waals surface area contributed by atoms with Gasteiger partial charge in [0.1, 0.15) is 5.03 Å². The van der Waals surface area contributed by atoms with E-state index in [1.54, 1.807) is 11.8 Å². The first-order valence-electron chi connectivity index (χ1n) is 5.60. The fourth-order valence-corrected chi connectivity index (χ4v) is 2.57. The van der Waals surface area contributed by atoms with Crippen LogP contribution in [0.15, 0.2) is 46.3 Å². The molecule has 2 rings (SSSR count). The van der Waals surface area contributed by atoms with E-state index in [1.165, 1.54) is 16.0 Å². The first-order chi connectivity index (χ1) is 8.19. The van der Waals surface area contributed by atoms with Crippen LogP contribution in [-0.4, -0.2) is 4.98 Å². The molecule has 0 amide bonds. The Bertz CT molecular complexity index is 523. The summed E-state index contributed by atoms with van der Waals surface area (Å²) in [5, 5.41) is 1.00. The van der Waals surface area contributed by atoms with Crippen LogP contribution in [0.5, 0.6) is 0 Å². The summed E-state index contributed by atoms with van der Waals surface area (Å²) in [6.45, 7) is 4.71. The Morgan fingerprint density at radius 3 is 2.76 bits per heavy atom. The third kappa shape index (κ3) is 3.08. The topological polar surface area (TPSA) is 38.9 Å². The van der Waals surface area contributed by atoms with Crippen LogP contribution < -0.4 is 5.73 Å². The molecule has 1 heterocycles. The van der Waals surface area contributed by atoms with Crippen molar-refractivity contribution in [1.29, 1.82) is 0 Å². The van der Waals surface area contributed by atoms with Crippen LogP contribution in [-0.2, 0) is 6.54 Å². The van der Waals surface area contributed by atoms with Gasteiger partial charge in [0.15, 0.2) is 0 Å². The number of aromatic nitrogens is 1. The first-order valence-corrected chi connectivity index (χ1v) is 6.42. The van der Waals surface area contributed by atoms with E-state index in [1.807, 2.05) is 18.2 Å². The standard InChI is InChI=1S/C14H16N2S/c1-10-6-7-11(2)13(8-10)17-14-5-3-4-12(9-15)16-14/h3-8H,9,15H2,1-2H3. The fourth-order valence-electron chi connectivity index (χ4n) is 1.56. The van der Waals surface area contributed by atoms with Crippen molar-refractivity contribution in [3.8, 4) is 0 Å². The molecule has 0 radical (unpaired) electrons.